The average molecular weight is 352 g/mol. The van der Waals surface area contributed by atoms with Crippen LogP contribution in [0.2, 0.25) is 5.02 Å². The van der Waals surface area contributed by atoms with Gasteiger partial charge in [-0.15, -0.1) is 10.2 Å². The number of carboxylic acids is 1. The van der Waals surface area contributed by atoms with Gasteiger partial charge in [-0.3, -0.25) is 4.79 Å². The highest BCUT2D eigenvalue weighted by Crippen LogP contribution is 2.19. The zero-order valence-electron chi connectivity index (χ0n) is 12.5. The van der Waals surface area contributed by atoms with Crippen molar-refractivity contribution in [3.8, 4) is 11.4 Å². The summed E-state index contributed by atoms with van der Waals surface area (Å²) in [5.74, 6) is -1.30. The van der Waals surface area contributed by atoms with Gasteiger partial charge in [0.15, 0.2) is 5.54 Å². The summed E-state index contributed by atoms with van der Waals surface area (Å²) >= 11 is 5.82. The molecule has 0 saturated carbocycles. The number of tetrazole rings is 1. The highest BCUT2D eigenvalue weighted by molar-refractivity contribution is 6.30. The maximum Gasteiger partial charge on any atom is 0.331 e. The Hall–Kier alpha value is -2.52. The largest absolute Gasteiger partial charge is 0.479 e. The van der Waals surface area contributed by atoms with Crippen LogP contribution in [-0.4, -0.2) is 55.9 Å². The Morgan fingerprint density at radius 3 is 2.75 bits per heavy atom. The molecule has 1 atom stereocenters. The second kappa shape index (κ2) is 6.54. The quantitative estimate of drug-likeness (QED) is 0.797. The molecule has 24 heavy (non-hydrogen) atoms. The van der Waals surface area contributed by atoms with Gasteiger partial charge in [-0.2, -0.15) is 4.80 Å². The molecule has 1 saturated heterocycles. The Labute approximate surface area is 141 Å². The molecule has 0 aliphatic carbocycles. The Balaban J connectivity index is 1.67. The first-order valence-corrected chi connectivity index (χ1v) is 7.52. The number of carbonyl (C=O) groups excluding carboxylic acids is 1. The summed E-state index contributed by atoms with van der Waals surface area (Å²) in [6.45, 7) is -0.0145. The van der Waals surface area contributed by atoms with Crippen molar-refractivity contribution in [2.24, 2.45) is 0 Å². The number of halogens is 1. The van der Waals surface area contributed by atoms with Crippen molar-refractivity contribution in [3.05, 3.63) is 29.3 Å². The summed E-state index contributed by atoms with van der Waals surface area (Å²) in [5, 5.41) is 24.1. The van der Waals surface area contributed by atoms with Crippen molar-refractivity contribution in [1.82, 2.24) is 25.5 Å². The highest BCUT2D eigenvalue weighted by atomic mass is 35.5. The fourth-order valence-electron chi connectivity index (χ4n) is 2.35. The predicted molar refractivity (Wildman–Crippen MR) is 82.2 cm³/mol. The number of benzene rings is 1. The lowest BCUT2D eigenvalue weighted by atomic mass is 9.99. The van der Waals surface area contributed by atoms with Crippen LogP contribution in [0.4, 0.5) is 0 Å². The molecule has 1 aromatic carbocycles. The van der Waals surface area contributed by atoms with Crippen LogP contribution >= 0.6 is 11.6 Å². The molecular formula is C14H14ClN5O4. The second-order valence-electron chi connectivity index (χ2n) is 5.39. The van der Waals surface area contributed by atoms with E-state index in [-0.39, 0.29) is 26.2 Å². The molecule has 126 valence electrons. The molecule has 0 radical (unpaired) electrons. The molecule has 1 aromatic heterocycles. The van der Waals surface area contributed by atoms with E-state index in [0.29, 0.717) is 16.4 Å². The summed E-state index contributed by atoms with van der Waals surface area (Å²) < 4.78 is 5.09. The molecule has 2 heterocycles. The Kier molecular flexibility index (Phi) is 4.45. The van der Waals surface area contributed by atoms with Crippen LogP contribution in [0.15, 0.2) is 24.3 Å². The molecule has 0 bridgehead atoms. The van der Waals surface area contributed by atoms with Gasteiger partial charge in [0.1, 0.15) is 6.54 Å². The summed E-state index contributed by atoms with van der Waals surface area (Å²) in [5.41, 5.74) is -0.686. The van der Waals surface area contributed by atoms with Crippen LogP contribution in [-0.2, 0) is 20.9 Å². The first-order valence-electron chi connectivity index (χ1n) is 7.14. The molecule has 1 aliphatic heterocycles. The lowest BCUT2D eigenvalue weighted by molar-refractivity contribution is -0.147. The van der Waals surface area contributed by atoms with E-state index >= 15 is 0 Å². The van der Waals surface area contributed by atoms with Gasteiger partial charge in [-0.1, -0.05) is 11.6 Å². The molecule has 0 spiro atoms. The van der Waals surface area contributed by atoms with Crippen LogP contribution in [0.5, 0.6) is 0 Å². The maximum absolute atomic E-state index is 12.1. The number of carboxylic acid groups (broad SMARTS) is 1. The fraction of sp³-hybridized carbons (Fsp3) is 0.357. The lowest BCUT2D eigenvalue weighted by Gasteiger charge is -2.23. The van der Waals surface area contributed by atoms with Gasteiger partial charge in [-0.05, 0) is 29.5 Å². The summed E-state index contributed by atoms with van der Waals surface area (Å²) in [4.78, 5) is 24.6. The minimum Gasteiger partial charge on any atom is -0.479 e. The topological polar surface area (TPSA) is 119 Å². The van der Waals surface area contributed by atoms with Crippen LogP contribution in [0, 0.1) is 0 Å². The van der Waals surface area contributed by atoms with E-state index in [1.165, 1.54) is 0 Å². The molecule has 1 aliphatic rings. The number of hydrogen-bond donors (Lipinski definition) is 2. The van der Waals surface area contributed by atoms with Gasteiger partial charge in [0.05, 0.1) is 6.61 Å². The average Bonchev–Trinajstić information content (AvgIpc) is 3.18. The van der Waals surface area contributed by atoms with Gasteiger partial charge < -0.3 is 15.2 Å². The van der Waals surface area contributed by atoms with E-state index in [1.807, 2.05) is 0 Å². The molecular weight excluding hydrogens is 338 g/mol. The third kappa shape index (κ3) is 3.36. The maximum atomic E-state index is 12.1. The van der Waals surface area contributed by atoms with Crippen LogP contribution < -0.4 is 5.32 Å². The SMILES string of the molecule is O=C(Cn1nnc(-c2ccc(Cl)cc2)n1)NC1(C(=O)O)CCOC1. The van der Waals surface area contributed by atoms with E-state index in [2.05, 4.69) is 20.7 Å². The monoisotopic (exact) mass is 351 g/mol. The number of ether oxygens (including phenoxy) is 1. The van der Waals surface area contributed by atoms with Crippen LogP contribution in [0.25, 0.3) is 11.4 Å². The molecule has 10 heteroatoms. The van der Waals surface area contributed by atoms with Crippen LogP contribution in [0.1, 0.15) is 6.42 Å². The number of amides is 1. The van der Waals surface area contributed by atoms with Gasteiger partial charge in [-0.25, -0.2) is 4.79 Å². The van der Waals surface area contributed by atoms with E-state index in [9.17, 15) is 14.7 Å². The normalized spacial score (nSPS) is 20.0. The summed E-state index contributed by atoms with van der Waals surface area (Å²) in [6.07, 6.45) is 0.217. The zero-order chi connectivity index (χ0) is 17.2. The molecule has 1 fully saturated rings. The summed E-state index contributed by atoms with van der Waals surface area (Å²) in [6, 6.07) is 6.86. The van der Waals surface area contributed by atoms with Gasteiger partial charge in [0, 0.05) is 23.6 Å². The van der Waals surface area contributed by atoms with Gasteiger partial charge in [0.25, 0.3) is 0 Å². The van der Waals surface area contributed by atoms with Crippen molar-refractivity contribution >= 4 is 23.5 Å². The number of hydrogen-bond acceptors (Lipinski definition) is 6. The van der Waals surface area contributed by atoms with Crippen molar-refractivity contribution < 1.29 is 19.4 Å². The molecule has 9 nitrogen and oxygen atoms in total. The fourth-order valence-corrected chi connectivity index (χ4v) is 2.47. The predicted octanol–water partition coefficient (Wildman–Crippen LogP) is 0.353. The number of aromatic nitrogens is 4. The van der Waals surface area contributed by atoms with Crippen molar-refractivity contribution in [2.45, 2.75) is 18.5 Å². The number of aliphatic carboxylic acids is 1. The number of nitrogens with one attached hydrogen (secondary N) is 1. The first-order chi connectivity index (χ1) is 11.5. The molecule has 3 rings (SSSR count). The van der Waals surface area contributed by atoms with Gasteiger partial charge in [0.2, 0.25) is 11.7 Å². The number of carbonyl (C=O) groups is 2. The molecule has 2 N–H and O–H groups in total. The van der Waals surface area contributed by atoms with E-state index in [1.54, 1.807) is 24.3 Å². The van der Waals surface area contributed by atoms with Crippen molar-refractivity contribution in [2.75, 3.05) is 13.2 Å². The van der Waals surface area contributed by atoms with Crippen molar-refractivity contribution in [3.63, 3.8) is 0 Å². The third-order valence-electron chi connectivity index (χ3n) is 3.65. The molecule has 1 unspecified atom stereocenters. The minimum atomic E-state index is -1.39. The van der Waals surface area contributed by atoms with E-state index < -0.39 is 17.4 Å². The van der Waals surface area contributed by atoms with E-state index in [4.69, 9.17) is 16.3 Å². The smallest absolute Gasteiger partial charge is 0.331 e. The summed E-state index contributed by atoms with van der Waals surface area (Å²) in [7, 11) is 0. The van der Waals surface area contributed by atoms with Crippen LogP contribution in [0.3, 0.4) is 0 Å². The Bertz CT molecular complexity index is 755. The van der Waals surface area contributed by atoms with E-state index in [0.717, 1.165) is 4.80 Å². The zero-order valence-corrected chi connectivity index (χ0v) is 13.2. The lowest BCUT2D eigenvalue weighted by Crippen LogP contribution is -2.56. The second-order valence-corrected chi connectivity index (χ2v) is 5.82. The Morgan fingerprint density at radius 1 is 1.38 bits per heavy atom. The molecule has 2 aromatic rings. The number of rotatable bonds is 5. The molecule has 1 amide bonds. The minimum absolute atomic E-state index is 0.0606. The highest BCUT2D eigenvalue weighted by Gasteiger charge is 2.43. The van der Waals surface area contributed by atoms with Crippen molar-refractivity contribution in [1.29, 1.82) is 0 Å². The van der Waals surface area contributed by atoms with Gasteiger partial charge >= 0.3 is 5.97 Å². The standard InChI is InChI=1S/C14H14ClN5O4/c15-10-3-1-9(2-4-10)12-17-19-20(18-12)7-11(21)16-14(13(22)23)5-6-24-8-14/h1-4H,5-8H2,(H,16,21)(H,22,23). The Morgan fingerprint density at radius 2 is 2.12 bits per heavy atom. The third-order valence-corrected chi connectivity index (χ3v) is 3.90. The first kappa shape index (κ1) is 16.3. The number of nitrogens with zero attached hydrogens (tertiary/aromatic N) is 4.